The Hall–Kier alpha value is -0.980. The number of hydrogen-bond donors (Lipinski definition) is 2. The molecular weight excluding hydrogens is 269 g/mol. The molecular formula is C13H20FNO3S. The maximum absolute atomic E-state index is 13.3. The molecule has 6 heteroatoms. The Morgan fingerprint density at radius 2 is 1.89 bits per heavy atom. The Morgan fingerprint density at radius 3 is 2.42 bits per heavy atom. The van der Waals surface area contributed by atoms with Gasteiger partial charge in [0.25, 0.3) is 0 Å². The van der Waals surface area contributed by atoms with Crippen LogP contribution >= 0.6 is 0 Å². The highest BCUT2D eigenvalue weighted by molar-refractivity contribution is 7.89. The van der Waals surface area contributed by atoms with Gasteiger partial charge in [-0.2, -0.15) is 0 Å². The van der Waals surface area contributed by atoms with Crippen molar-refractivity contribution < 1.29 is 17.9 Å². The lowest BCUT2D eigenvalue weighted by atomic mass is 10.1. The first-order chi connectivity index (χ1) is 8.65. The molecule has 0 saturated heterocycles. The number of rotatable bonds is 5. The van der Waals surface area contributed by atoms with E-state index in [9.17, 15) is 12.8 Å². The minimum absolute atomic E-state index is 0.0565. The molecule has 0 saturated carbocycles. The molecule has 1 aromatic rings. The molecule has 108 valence electrons. The fourth-order valence-electron chi connectivity index (χ4n) is 1.70. The van der Waals surface area contributed by atoms with Crippen LogP contribution in [0.5, 0.6) is 0 Å². The lowest BCUT2D eigenvalue weighted by molar-refractivity contribution is 0.177. The monoisotopic (exact) mass is 289 g/mol. The molecule has 19 heavy (non-hydrogen) atoms. The third-order valence-corrected chi connectivity index (χ3v) is 4.20. The van der Waals surface area contributed by atoms with E-state index < -0.39 is 28.3 Å². The van der Waals surface area contributed by atoms with Gasteiger partial charge in [0.05, 0.1) is 11.5 Å². The summed E-state index contributed by atoms with van der Waals surface area (Å²) in [5, 5.41) is 8.74. The zero-order valence-electron chi connectivity index (χ0n) is 11.4. The topological polar surface area (TPSA) is 66.4 Å². The fraction of sp³-hybridized carbons (Fsp3) is 0.538. The molecule has 0 fully saturated rings. The normalized spacial score (nSPS) is 14.4. The Morgan fingerprint density at radius 1 is 1.32 bits per heavy atom. The zero-order valence-corrected chi connectivity index (χ0v) is 12.2. The van der Waals surface area contributed by atoms with E-state index in [4.69, 9.17) is 5.11 Å². The molecule has 0 aliphatic heterocycles. The molecule has 0 aliphatic rings. The summed E-state index contributed by atoms with van der Waals surface area (Å²) in [5.74, 6) is 0. The number of sulfonamides is 1. The molecule has 2 N–H and O–H groups in total. The minimum atomic E-state index is -3.70. The standard InChI is InChI=1S/C13H20FNO3S/c1-13(2,3)15-19(17,18)12-7-5-4-6-10(12)8-11(14)9-16/h4-7,11,15-16H,8-9H2,1-3H3. The van der Waals surface area contributed by atoms with E-state index in [1.165, 1.54) is 6.07 Å². The highest BCUT2D eigenvalue weighted by atomic mass is 32.2. The van der Waals surface area contributed by atoms with Gasteiger partial charge >= 0.3 is 0 Å². The van der Waals surface area contributed by atoms with Crippen molar-refractivity contribution in [2.24, 2.45) is 0 Å². The Kier molecular flexibility index (Phi) is 5.06. The predicted molar refractivity (Wildman–Crippen MR) is 72.2 cm³/mol. The molecule has 0 radical (unpaired) electrons. The van der Waals surface area contributed by atoms with Crippen LogP contribution in [-0.2, 0) is 16.4 Å². The van der Waals surface area contributed by atoms with Crippen LogP contribution in [-0.4, -0.2) is 31.8 Å². The molecule has 0 amide bonds. The molecule has 0 aliphatic carbocycles. The first-order valence-electron chi connectivity index (χ1n) is 6.02. The van der Waals surface area contributed by atoms with Crippen LogP contribution in [0, 0.1) is 0 Å². The fourth-order valence-corrected chi connectivity index (χ4v) is 3.37. The predicted octanol–water partition coefficient (Wildman–Crippen LogP) is 1.64. The van der Waals surface area contributed by atoms with Crippen LogP contribution in [0.4, 0.5) is 4.39 Å². The van der Waals surface area contributed by atoms with Gasteiger partial charge in [0.2, 0.25) is 10.0 Å². The molecule has 0 aromatic heterocycles. The van der Waals surface area contributed by atoms with Crippen molar-refractivity contribution in [3.05, 3.63) is 29.8 Å². The number of alkyl halides is 1. The van der Waals surface area contributed by atoms with Crippen molar-refractivity contribution in [3.8, 4) is 0 Å². The van der Waals surface area contributed by atoms with Crippen molar-refractivity contribution in [2.45, 2.75) is 43.8 Å². The highest BCUT2D eigenvalue weighted by Gasteiger charge is 2.24. The van der Waals surface area contributed by atoms with Gasteiger partial charge in [0, 0.05) is 12.0 Å². The van der Waals surface area contributed by atoms with Gasteiger partial charge in [-0.25, -0.2) is 17.5 Å². The first kappa shape index (κ1) is 16.1. The van der Waals surface area contributed by atoms with E-state index in [1.807, 2.05) is 0 Å². The SMILES string of the molecule is CC(C)(C)NS(=O)(=O)c1ccccc1CC(F)CO. The lowest BCUT2D eigenvalue weighted by Gasteiger charge is -2.21. The van der Waals surface area contributed by atoms with Gasteiger partial charge < -0.3 is 5.11 Å². The zero-order chi connectivity index (χ0) is 14.7. The summed E-state index contributed by atoms with van der Waals surface area (Å²) in [6.45, 7) is 4.58. The smallest absolute Gasteiger partial charge is 0.241 e. The third-order valence-electron chi connectivity index (χ3n) is 2.34. The van der Waals surface area contributed by atoms with Crippen LogP contribution < -0.4 is 4.72 Å². The van der Waals surface area contributed by atoms with Gasteiger partial charge in [0.1, 0.15) is 6.17 Å². The number of benzene rings is 1. The van der Waals surface area contributed by atoms with Crippen molar-refractivity contribution in [3.63, 3.8) is 0 Å². The summed E-state index contributed by atoms with van der Waals surface area (Å²) in [6.07, 6.45) is -1.59. The van der Waals surface area contributed by atoms with Crippen molar-refractivity contribution in [2.75, 3.05) is 6.61 Å². The highest BCUT2D eigenvalue weighted by Crippen LogP contribution is 2.19. The average molecular weight is 289 g/mol. The summed E-state index contributed by atoms with van der Waals surface area (Å²) in [7, 11) is -3.70. The van der Waals surface area contributed by atoms with Crippen LogP contribution in [0.2, 0.25) is 0 Å². The number of halogens is 1. The van der Waals surface area contributed by atoms with E-state index in [0.717, 1.165) is 0 Å². The van der Waals surface area contributed by atoms with Crippen molar-refractivity contribution in [1.82, 2.24) is 4.72 Å². The van der Waals surface area contributed by atoms with E-state index >= 15 is 0 Å². The number of hydrogen-bond acceptors (Lipinski definition) is 3. The number of aliphatic hydroxyl groups excluding tert-OH is 1. The lowest BCUT2D eigenvalue weighted by Crippen LogP contribution is -2.40. The maximum atomic E-state index is 13.3. The molecule has 4 nitrogen and oxygen atoms in total. The van der Waals surface area contributed by atoms with Crippen LogP contribution in [0.3, 0.4) is 0 Å². The van der Waals surface area contributed by atoms with Crippen LogP contribution in [0.25, 0.3) is 0 Å². The molecule has 1 aromatic carbocycles. The Labute approximate surface area is 113 Å². The summed E-state index contributed by atoms with van der Waals surface area (Å²) in [4.78, 5) is 0.0565. The van der Waals surface area contributed by atoms with Crippen LogP contribution in [0.1, 0.15) is 26.3 Å². The van der Waals surface area contributed by atoms with Gasteiger partial charge in [-0.3, -0.25) is 0 Å². The molecule has 0 bridgehead atoms. The van der Waals surface area contributed by atoms with Gasteiger partial charge in [0.15, 0.2) is 0 Å². The third kappa shape index (κ3) is 4.89. The Bertz CT molecular complexity index is 523. The van der Waals surface area contributed by atoms with E-state index in [-0.39, 0.29) is 11.3 Å². The number of nitrogens with one attached hydrogen (secondary N) is 1. The summed E-state index contributed by atoms with van der Waals surface area (Å²) in [5.41, 5.74) is -0.251. The molecule has 1 unspecified atom stereocenters. The Balaban J connectivity index is 3.13. The largest absolute Gasteiger partial charge is 0.393 e. The maximum Gasteiger partial charge on any atom is 0.241 e. The van der Waals surface area contributed by atoms with Crippen molar-refractivity contribution >= 4 is 10.0 Å². The second-order valence-corrected chi connectivity index (χ2v) is 7.10. The molecule has 0 heterocycles. The van der Waals surface area contributed by atoms with Gasteiger partial charge in [-0.05, 0) is 32.4 Å². The molecule has 1 atom stereocenters. The second-order valence-electron chi connectivity index (χ2n) is 5.45. The summed E-state index contributed by atoms with van der Waals surface area (Å²) >= 11 is 0. The van der Waals surface area contributed by atoms with Crippen LogP contribution in [0.15, 0.2) is 29.2 Å². The minimum Gasteiger partial charge on any atom is -0.393 e. The van der Waals surface area contributed by atoms with Gasteiger partial charge in [-0.15, -0.1) is 0 Å². The van der Waals surface area contributed by atoms with E-state index in [1.54, 1.807) is 39.0 Å². The summed E-state index contributed by atoms with van der Waals surface area (Å²) < 4.78 is 40.3. The quantitative estimate of drug-likeness (QED) is 0.866. The number of aliphatic hydroxyl groups is 1. The first-order valence-corrected chi connectivity index (χ1v) is 7.51. The summed E-state index contributed by atoms with van der Waals surface area (Å²) in [6, 6.07) is 6.23. The van der Waals surface area contributed by atoms with Crippen molar-refractivity contribution in [1.29, 1.82) is 0 Å². The van der Waals surface area contributed by atoms with Gasteiger partial charge in [-0.1, -0.05) is 18.2 Å². The van der Waals surface area contributed by atoms with E-state index in [2.05, 4.69) is 4.72 Å². The average Bonchev–Trinajstić information content (AvgIpc) is 2.26. The molecule has 0 spiro atoms. The van der Waals surface area contributed by atoms with E-state index in [0.29, 0.717) is 5.56 Å². The second kappa shape index (κ2) is 5.98. The molecule has 1 rings (SSSR count).